The number of benzene rings is 3. The molecule has 1 aliphatic rings. The number of aryl methyl sites for hydroxylation is 1. The van der Waals surface area contributed by atoms with Gasteiger partial charge in [0.05, 0.1) is 25.4 Å². The Bertz CT molecular complexity index is 1260. The van der Waals surface area contributed by atoms with E-state index in [1.54, 1.807) is 7.11 Å². The monoisotopic (exact) mass is 423 g/mol. The van der Waals surface area contributed by atoms with Crippen molar-refractivity contribution in [1.29, 1.82) is 0 Å². The Morgan fingerprint density at radius 2 is 1.78 bits per heavy atom. The molecule has 0 fully saturated rings. The van der Waals surface area contributed by atoms with Crippen molar-refractivity contribution in [3.63, 3.8) is 0 Å². The molecular formula is C27H25N3O2. The molecule has 160 valence electrons. The number of hydrogen-bond acceptors (Lipinski definition) is 2. The lowest BCUT2D eigenvalue weighted by atomic mass is 10.00. The number of hydrogen-bond donors (Lipinski definition) is 1. The molecule has 5 heteroatoms. The number of fused-ring (bicyclic) bond motifs is 3. The van der Waals surface area contributed by atoms with Gasteiger partial charge in [-0.25, -0.2) is 4.79 Å². The van der Waals surface area contributed by atoms with Crippen LogP contribution in [0.15, 0.2) is 91.1 Å². The Labute approximate surface area is 187 Å². The summed E-state index contributed by atoms with van der Waals surface area (Å²) in [5.41, 5.74) is 6.24. The van der Waals surface area contributed by atoms with Crippen molar-refractivity contribution >= 4 is 11.7 Å². The van der Waals surface area contributed by atoms with Gasteiger partial charge in [-0.3, -0.25) is 0 Å². The van der Waals surface area contributed by atoms with E-state index in [1.165, 1.54) is 0 Å². The molecule has 0 unspecified atom stereocenters. The molecule has 1 N–H and O–H groups in total. The highest BCUT2D eigenvalue weighted by atomic mass is 16.5. The Balaban J connectivity index is 1.60. The Kier molecular flexibility index (Phi) is 5.15. The molecular weight excluding hydrogens is 398 g/mol. The average molecular weight is 424 g/mol. The lowest BCUT2D eigenvalue weighted by molar-refractivity contribution is 0.194. The van der Waals surface area contributed by atoms with Gasteiger partial charge in [0.25, 0.3) is 0 Å². The van der Waals surface area contributed by atoms with Gasteiger partial charge in [0, 0.05) is 17.6 Å². The summed E-state index contributed by atoms with van der Waals surface area (Å²) in [4.78, 5) is 15.6. The summed E-state index contributed by atoms with van der Waals surface area (Å²) in [5.74, 6) is 0.752. The second kappa shape index (κ2) is 8.27. The molecule has 1 aromatic heterocycles. The number of para-hydroxylation sites is 1. The summed E-state index contributed by atoms with van der Waals surface area (Å²) in [6, 6.07) is 27.8. The van der Waals surface area contributed by atoms with Crippen molar-refractivity contribution in [1.82, 2.24) is 9.47 Å². The molecule has 0 spiro atoms. The summed E-state index contributed by atoms with van der Waals surface area (Å²) < 4.78 is 7.43. The number of methoxy groups -OCH3 is 1. The number of amides is 2. The number of urea groups is 1. The first-order valence-electron chi connectivity index (χ1n) is 10.7. The zero-order chi connectivity index (χ0) is 22.1. The van der Waals surface area contributed by atoms with Crippen LogP contribution >= 0.6 is 0 Å². The van der Waals surface area contributed by atoms with Crippen LogP contribution in [0.1, 0.15) is 28.4 Å². The third-order valence-corrected chi connectivity index (χ3v) is 5.92. The molecule has 0 aliphatic carbocycles. The molecule has 4 aromatic rings. The van der Waals surface area contributed by atoms with E-state index in [0.29, 0.717) is 6.54 Å². The SMILES string of the molecule is COc1ccc(NC(=O)N2Cc3ccccc3-n3cccc3[C@@H]2c2cccc(C)c2)cc1. The van der Waals surface area contributed by atoms with Gasteiger partial charge in [-0.05, 0) is 60.5 Å². The first kappa shape index (κ1) is 19.9. The number of anilines is 1. The van der Waals surface area contributed by atoms with Crippen molar-refractivity contribution in [2.45, 2.75) is 19.5 Å². The van der Waals surface area contributed by atoms with Crippen LogP contribution in [0, 0.1) is 6.92 Å². The number of ether oxygens (including phenoxy) is 1. The van der Waals surface area contributed by atoms with Gasteiger partial charge in [0.15, 0.2) is 0 Å². The molecule has 0 saturated heterocycles. The maximum absolute atomic E-state index is 13.7. The van der Waals surface area contributed by atoms with E-state index in [9.17, 15) is 4.79 Å². The van der Waals surface area contributed by atoms with Gasteiger partial charge in [-0.2, -0.15) is 0 Å². The van der Waals surface area contributed by atoms with Gasteiger partial charge < -0.3 is 19.5 Å². The van der Waals surface area contributed by atoms with Gasteiger partial charge >= 0.3 is 6.03 Å². The van der Waals surface area contributed by atoms with Crippen LogP contribution in [0.25, 0.3) is 5.69 Å². The molecule has 0 saturated carbocycles. The highest BCUT2D eigenvalue weighted by molar-refractivity contribution is 5.90. The minimum absolute atomic E-state index is 0.147. The summed E-state index contributed by atoms with van der Waals surface area (Å²) in [5, 5.41) is 3.08. The predicted molar refractivity (Wildman–Crippen MR) is 126 cm³/mol. The van der Waals surface area contributed by atoms with Crippen molar-refractivity contribution in [2.24, 2.45) is 0 Å². The van der Waals surface area contributed by atoms with E-state index < -0.39 is 0 Å². The van der Waals surface area contributed by atoms with Crippen LogP contribution in [0.3, 0.4) is 0 Å². The van der Waals surface area contributed by atoms with Crippen molar-refractivity contribution in [2.75, 3.05) is 12.4 Å². The quantitative estimate of drug-likeness (QED) is 0.444. The Morgan fingerprint density at radius 1 is 0.969 bits per heavy atom. The molecule has 2 amide bonds. The first-order chi connectivity index (χ1) is 15.6. The minimum atomic E-state index is -0.226. The molecule has 1 aliphatic heterocycles. The Morgan fingerprint density at radius 3 is 2.56 bits per heavy atom. The van der Waals surface area contributed by atoms with Crippen LogP contribution in [0.5, 0.6) is 5.75 Å². The molecule has 3 aromatic carbocycles. The van der Waals surface area contributed by atoms with Crippen molar-refractivity contribution in [3.05, 3.63) is 114 Å². The van der Waals surface area contributed by atoms with Crippen LogP contribution in [0.2, 0.25) is 0 Å². The minimum Gasteiger partial charge on any atom is -0.497 e. The molecule has 1 atom stereocenters. The fourth-order valence-corrected chi connectivity index (χ4v) is 4.40. The highest BCUT2D eigenvalue weighted by Gasteiger charge is 2.33. The van der Waals surface area contributed by atoms with Crippen LogP contribution in [-0.2, 0) is 6.54 Å². The third-order valence-electron chi connectivity index (χ3n) is 5.92. The molecule has 5 rings (SSSR count). The highest BCUT2D eigenvalue weighted by Crippen LogP contribution is 2.37. The van der Waals surface area contributed by atoms with E-state index >= 15 is 0 Å². The average Bonchev–Trinajstić information content (AvgIpc) is 3.23. The largest absolute Gasteiger partial charge is 0.497 e. The second-order valence-corrected chi connectivity index (χ2v) is 8.03. The smallest absolute Gasteiger partial charge is 0.322 e. The molecule has 5 nitrogen and oxygen atoms in total. The van der Waals surface area contributed by atoms with E-state index in [0.717, 1.165) is 39.5 Å². The maximum atomic E-state index is 13.7. The fraction of sp³-hybridized carbons (Fsp3) is 0.148. The van der Waals surface area contributed by atoms with E-state index in [4.69, 9.17) is 4.74 Å². The summed E-state index contributed by atoms with van der Waals surface area (Å²) >= 11 is 0. The van der Waals surface area contributed by atoms with Gasteiger partial charge in [0.1, 0.15) is 5.75 Å². The number of rotatable bonds is 3. The van der Waals surface area contributed by atoms with Crippen LogP contribution in [0.4, 0.5) is 10.5 Å². The van der Waals surface area contributed by atoms with Crippen LogP contribution in [-0.4, -0.2) is 22.6 Å². The zero-order valence-corrected chi connectivity index (χ0v) is 18.2. The van der Waals surface area contributed by atoms with Gasteiger partial charge in [-0.15, -0.1) is 0 Å². The summed E-state index contributed by atoms with van der Waals surface area (Å²) in [6.45, 7) is 2.58. The van der Waals surface area contributed by atoms with E-state index in [1.807, 2.05) is 47.4 Å². The maximum Gasteiger partial charge on any atom is 0.322 e. The van der Waals surface area contributed by atoms with Crippen molar-refractivity contribution < 1.29 is 9.53 Å². The molecule has 0 radical (unpaired) electrons. The van der Waals surface area contributed by atoms with Crippen molar-refractivity contribution in [3.8, 4) is 11.4 Å². The first-order valence-corrected chi connectivity index (χ1v) is 10.7. The Hall–Kier alpha value is -3.99. The lowest BCUT2D eigenvalue weighted by Gasteiger charge is -2.31. The third kappa shape index (κ3) is 3.62. The summed E-state index contributed by atoms with van der Waals surface area (Å²) in [6.07, 6.45) is 2.07. The number of nitrogens with one attached hydrogen (secondary N) is 1. The van der Waals surface area contributed by atoms with Crippen LogP contribution < -0.4 is 10.1 Å². The number of carbonyl (C=O) groups is 1. The van der Waals surface area contributed by atoms with E-state index in [2.05, 4.69) is 65.5 Å². The number of aromatic nitrogens is 1. The topological polar surface area (TPSA) is 46.5 Å². The molecule has 0 bridgehead atoms. The van der Waals surface area contributed by atoms with Gasteiger partial charge in [-0.1, -0.05) is 48.0 Å². The molecule has 2 heterocycles. The van der Waals surface area contributed by atoms with Gasteiger partial charge in [0.2, 0.25) is 0 Å². The standard InChI is InChI=1S/C27H25N3O2/c1-19-7-5-9-20(17-19)26-25-11-6-16-29(25)24-10-4-3-8-21(24)18-30(26)27(31)28-22-12-14-23(32-2)15-13-22/h3-17,26H,18H2,1-2H3,(H,28,31)/t26-/m0/s1. The fourth-order valence-electron chi connectivity index (χ4n) is 4.40. The van der Waals surface area contributed by atoms with E-state index in [-0.39, 0.29) is 12.1 Å². The predicted octanol–water partition coefficient (Wildman–Crippen LogP) is 5.93. The number of nitrogens with zero attached hydrogens (tertiary/aromatic N) is 2. The molecule has 32 heavy (non-hydrogen) atoms. The second-order valence-electron chi connectivity index (χ2n) is 8.03. The number of carbonyl (C=O) groups excluding carboxylic acids is 1. The summed E-state index contributed by atoms with van der Waals surface area (Å²) in [7, 11) is 1.63. The zero-order valence-electron chi connectivity index (χ0n) is 18.2. The normalized spacial score (nSPS) is 14.8. The lowest BCUT2D eigenvalue weighted by Crippen LogP contribution is -2.37.